The third-order valence-corrected chi connectivity index (χ3v) is 5.05. The van der Waals surface area contributed by atoms with Crippen molar-refractivity contribution in [3.63, 3.8) is 0 Å². The molecule has 1 aromatic carbocycles. The van der Waals surface area contributed by atoms with Crippen LogP contribution < -0.4 is 24.7 Å². The lowest BCUT2D eigenvalue weighted by Gasteiger charge is -2.27. The van der Waals surface area contributed by atoms with E-state index in [1.165, 1.54) is 0 Å². The molecule has 3 heterocycles. The van der Waals surface area contributed by atoms with E-state index in [1.807, 2.05) is 18.2 Å². The fourth-order valence-electron chi connectivity index (χ4n) is 3.44. The summed E-state index contributed by atoms with van der Waals surface area (Å²) < 4.78 is 16.1. The highest BCUT2D eigenvalue weighted by molar-refractivity contribution is 5.81. The van der Waals surface area contributed by atoms with Gasteiger partial charge in [-0.2, -0.15) is 20.1 Å². The van der Waals surface area contributed by atoms with Crippen LogP contribution in [0.1, 0.15) is 18.4 Å². The predicted octanol–water partition coefficient (Wildman–Crippen LogP) is 1.77. The number of rotatable bonds is 7. The minimum atomic E-state index is 0.416. The summed E-state index contributed by atoms with van der Waals surface area (Å²) in [6.07, 6.45) is 3.98. The van der Waals surface area contributed by atoms with Crippen LogP contribution in [0.3, 0.4) is 0 Å². The van der Waals surface area contributed by atoms with E-state index >= 15 is 0 Å². The van der Waals surface area contributed by atoms with E-state index < -0.39 is 0 Å². The van der Waals surface area contributed by atoms with Crippen molar-refractivity contribution in [2.75, 3.05) is 68.8 Å². The summed E-state index contributed by atoms with van der Waals surface area (Å²) in [6.45, 7) is 4.77. The van der Waals surface area contributed by atoms with Crippen molar-refractivity contribution in [1.82, 2.24) is 15.0 Å². The number of nitrogens with one attached hydrogen (secondary N) is 1. The summed E-state index contributed by atoms with van der Waals surface area (Å²) in [5, 5.41) is 4.32. The topological polar surface area (TPSA) is 97.2 Å². The molecule has 2 aromatic rings. The quantitative estimate of drug-likeness (QED) is 0.538. The zero-order valence-electron chi connectivity index (χ0n) is 17.4. The van der Waals surface area contributed by atoms with E-state index in [2.05, 4.69) is 30.3 Å². The van der Waals surface area contributed by atoms with Gasteiger partial charge in [0, 0.05) is 37.8 Å². The zero-order chi connectivity index (χ0) is 20.8. The Kier molecular flexibility index (Phi) is 6.43. The summed E-state index contributed by atoms with van der Waals surface area (Å²) >= 11 is 0. The molecule has 0 unspecified atom stereocenters. The van der Waals surface area contributed by atoms with Crippen LogP contribution in [0.5, 0.6) is 11.5 Å². The van der Waals surface area contributed by atoms with Gasteiger partial charge in [-0.05, 0) is 25.0 Å². The molecule has 2 fully saturated rings. The average molecular weight is 413 g/mol. The Morgan fingerprint density at radius 1 is 0.900 bits per heavy atom. The molecule has 1 N–H and O–H groups in total. The lowest BCUT2D eigenvalue weighted by molar-refractivity contribution is 0.122. The predicted molar refractivity (Wildman–Crippen MR) is 115 cm³/mol. The highest BCUT2D eigenvalue weighted by Crippen LogP contribution is 2.22. The number of aromatic nitrogens is 3. The first-order valence-corrected chi connectivity index (χ1v) is 10.1. The van der Waals surface area contributed by atoms with Crippen LogP contribution in [0.25, 0.3) is 0 Å². The van der Waals surface area contributed by atoms with Gasteiger partial charge < -0.3 is 24.0 Å². The first-order chi connectivity index (χ1) is 14.7. The molecule has 0 amide bonds. The van der Waals surface area contributed by atoms with Crippen LogP contribution in [-0.2, 0) is 4.74 Å². The summed E-state index contributed by atoms with van der Waals surface area (Å²) in [4.78, 5) is 18.2. The lowest BCUT2D eigenvalue weighted by Crippen LogP contribution is -2.38. The first kappa shape index (κ1) is 20.1. The number of anilines is 3. The molecule has 2 aliphatic rings. The highest BCUT2D eigenvalue weighted by Gasteiger charge is 2.21. The van der Waals surface area contributed by atoms with E-state index in [0.29, 0.717) is 42.6 Å². The number of ether oxygens (including phenoxy) is 3. The molecule has 0 atom stereocenters. The normalized spacial score (nSPS) is 16.9. The average Bonchev–Trinajstić information content (AvgIpc) is 3.34. The molecular weight excluding hydrogens is 386 g/mol. The van der Waals surface area contributed by atoms with Crippen molar-refractivity contribution in [3.05, 3.63) is 23.8 Å². The van der Waals surface area contributed by atoms with Crippen LogP contribution in [0, 0.1) is 0 Å². The molecule has 0 spiro atoms. The molecule has 2 saturated heterocycles. The smallest absolute Gasteiger partial charge is 0.250 e. The Labute approximate surface area is 175 Å². The minimum Gasteiger partial charge on any atom is -0.497 e. The summed E-state index contributed by atoms with van der Waals surface area (Å²) in [5.74, 6) is 3.14. The SMILES string of the molecule is COc1cc(C=NNc2nc(N3CCCC3)nc(N3CCOCC3)n2)cc(OC)c1. The van der Waals surface area contributed by atoms with Gasteiger partial charge in [-0.15, -0.1) is 0 Å². The van der Waals surface area contributed by atoms with Gasteiger partial charge in [0.2, 0.25) is 17.8 Å². The Morgan fingerprint density at radius 2 is 1.50 bits per heavy atom. The van der Waals surface area contributed by atoms with Crippen molar-refractivity contribution < 1.29 is 14.2 Å². The number of nitrogens with zero attached hydrogens (tertiary/aromatic N) is 6. The molecular formula is C20H27N7O3. The lowest BCUT2D eigenvalue weighted by atomic mass is 10.2. The summed E-state index contributed by atoms with van der Waals surface area (Å²) in [5.41, 5.74) is 3.79. The zero-order valence-corrected chi connectivity index (χ0v) is 17.4. The van der Waals surface area contributed by atoms with Gasteiger partial charge in [0.15, 0.2) is 0 Å². The molecule has 1 aromatic heterocycles. The molecule has 10 nitrogen and oxygen atoms in total. The van der Waals surface area contributed by atoms with Crippen LogP contribution in [0.15, 0.2) is 23.3 Å². The second-order valence-electron chi connectivity index (χ2n) is 7.07. The van der Waals surface area contributed by atoms with Crippen LogP contribution in [0.2, 0.25) is 0 Å². The second kappa shape index (κ2) is 9.57. The standard InChI is InChI=1S/C20H27N7O3/c1-28-16-11-15(12-17(13-16)29-2)14-21-25-18-22-19(26-5-3-4-6-26)24-20(23-18)27-7-9-30-10-8-27/h11-14H,3-10H2,1-2H3,(H,22,23,24,25). The van der Waals surface area contributed by atoms with Gasteiger partial charge in [-0.25, -0.2) is 5.43 Å². The summed E-state index contributed by atoms with van der Waals surface area (Å²) in [6, 6.07) is 5.56. The fourth-order valence-corrected chi connectivity index (χ4v) is 3.44. The van der Waals surface area contributed by atoms with Crippen molar-refractivity contribution in [1.29, 1.82) is 0 Å². The molecule has 0 saturated carbocycles. The Bertz CT molecular complexity index is 858. The van der Waals surface area contributed by atoms with Gasteiger partial charge in [0.25, 0.3) is 0 Å². The number of benzene rings is 1. The van der Waals surface area contributed by atoms with Crippen molar-refractivity contribution in [2.45, 2.75) is 12.8 Å². The molecule has 0 bridgehead atoms. The largest absolute Gasteiger partial charge is 0.497 e. The fraction of sp³-hybridized carbons (Fsp3) is 0.500. The minimum absolute atomic E-state index is 0.416. The maximum atomic E-state index is 5.45. The first-order valence-electron chi connectivity index (χ1n) is 10.1. The van der Waals surface area contributed by atoms with Gasteiger partial charge in [-0.1, -0.05) is 0 Å². The van der Waals surface area contributed by atoms with E-state index in [1.54, 1.807) is 20.4 Å². The van der Waals surface area contributed by atoms with Crippen LogP contribution in [0.4, 0.5) is 17.8 Å². The maximum absolute atomic E-state index is 5.45. The van der Waals surface area contributed by atoms with Gasteiger partial charge in [-0.3, -0.25) is 0 Å². The van der Waals surface area contributed by atoms with Gasteiger partial charge in [0.05, 0.1) is 33.6 Å². The third-order valence-electron chi connectivity index (χ3n) is 5.05. The number of hydrogen-bond donors (Lipinski definition) is 1. The van der Waals surface area contributed by atoms with Gasteiger partial charge >= 0.3 is 0 Å². The maximum Gasteiger partial charge on any atom is 0.250 e. The number of hydrogen-bond acceptors (Lipinski definition) is 10. The Morgan fingerprint density at radius 3 is 2.10 bits per heavy atom. The number of morpholine rings is 1. The number of methoxy groups -OCH3 is 2. The second-order valence-corrected chi connectivity index (χ2v) is 7.07. The van der Waals surface area contributed by atoms with Crippen LogP contribution >= 0.6 is 0 Å². The van der Waals surface area contributed by atoms with Crippen LogP contribution in [-0.4, -0.2) is 74.8 Å². The molecule has 4 rings (SSSR count). The van der Waals surface area contributed by atoms with E-state index in [9.17, 15) is 0 Å². The molecule has 2 aliphatic heterocycles. The highest BCUT2D eigenvalue weighted by atomic mass is 16.5. The van der Waals surface area contributed by atoms with Crippen molar-refractivity contribution >= 4 is 24.1 Å². The Balaban J connectivity index is 1.55. The van der Waals surface area contributed by atoms with Crippen molar-refractivity contribution in [2.24, 2.45) is 5.10 Å². The third kappa shape index (κ3) is 4.88. The van der Waals surface area contributed by atoms with E-state index in [4.69, 9.17) is 19.2 Å². The molecule has 10 heteroatoms. The van der Waals surface area contributed by atoms with Crippen molar-refractivity contribution in [3.8, 4) is 11.5 Å². The molecule has 30 heavy (non-hydrogen) atoms. The molecule has 0 radical (unpaired) electrons. The van der Waals surface area contributed by atoms with E-state index in [-0.39, 0.29) is 0 Å². The molecule has 160 valence electrons. The van der Waals surface area contributed by atoms with Gasteiger partial charge in [0.1, 0.15) is 11.5 Å². The molecule has 0 aliphatic carbocycles. The monoisotopic (exact) mass is 413 g/mol. The number of hydrazone groups is 1. The van der Waals surface area contributed by atoms with E-state index in [0.717, 1.165) is 44.6 Å². The Hall–Kier alpha value is -3.14. The summed E-state index contributed by atoms with van der Waals surface area (Å²) in [7, 11) is 3.23.